The maximum Gasteiger partial charge on any atom is 0.330 e. The number of alkyl halides is 2. The van der Waals surface area contributed by atoms with Crippen LogP contribution >= 0.6 is 0 Å². The molecule has 2 N–H and O–H groups in total. The first-order chi connectivity index (χ1) is 24.0. The molecule has 4 atom stereocenters. The Labute approximate surface area is 289 Å². The number of benzene rings is 2. The maximum atomic E-state index is 14.5. The lowest BCUT2D eigenvalue weighted by Gasteiger charge is -2.20. The van der Waals surface area contributed by atoms with Gasteiger partial charge < -0.3 is 34.0 Å². The topological polar surface area (TPSA) is 164 Å². The van der Waals surface area contributed by atoms with Crippen molar-refractivity contribution in [2.24, 2.45) is 11.8 Å². The average Bonchev–Trinajstić information content (AvgIpc) is 3.36. The number of carbonyl (C=O) groups excluding carboxylic acids is 2. The van der Waals surface area contributed by atoms with Gasteiger partial charge in [-0.15, -0.1) is 10.1 Å². The predicted octanol–water partition coefficient (Wildman–Crippen LogP) is 5.89. The number of carbonyl (C=O) groups is 2. The first kappa shape index (κ1) is 39.6. The summed E-state index contributed by atoms with van der Waals surface area (Å²) in [5, 5.41) is 30.1. The zero-order valence-electron chi connectivity index (χ0n) is 27.7. The lowest BCUT2D eigenvalue weighted by Crippen LogP contribution is -2.25. The molecule has 0 saturated heterocycles. The Morgan fingerprint density at radius 2 is 1.78 bits per heavy atom. The third-order valence-corrected chi connectivity index (χ3v) is 7.78. The van der Waals surface area contributed by atoms with E-state index in [-0.39, 0.29) is 37.6 Å². The molecule has 0 unspecified atom stereocenters. The van der Waals surface area contributed by atoms with Crippen molar-refractivity contribution in [3.63, 3.8) is 0 Å². The highest BCUT2D eigenvalue weighted by atomic mass is 19.3. The van der Waals surface area contributed by atoms with Gasteiger partial charge in [-0.25, -0.2) is 4.79 Å². The quantitative estimate of drug-likeness (QED) is 0.0303. The number of esters is 2. The third-order valence-electron chi connectivity index (χ3n) is 7.78. The molecule has 0 amide bonds. The fourth-order valence-corrected chi connectivity index (χ4v) is 5.21. The van der Waals surface area contributed by atoms with Gasteiger partial charge in [-0.05, 0) is 80.0 Å². The molecule has 1 saturated carbocycles. The van der Waals surface area contributed by atoms with E-state index in [9.17, 15) is 38.7 Å². The van der Waals surface area contributed by atoms with Crippen molar-refractivity contribution < 1.29 is 57.5 Å². The normalized spacial score (nSPS) is 19.2. The Balaban J connectivity index is 1.39. The van der Waals surface area contributed by atoms with Crippen LogP contribution in [0.3, 0.4) is 0 Å². The summed E-state index contributed by atoms with van der Waals surface area (Å²) in [7, 11) is 1.41. The maximum absolute atomic E-state index is 14.5. The smallest absolute Gasteiger partial charge is 0.330 e. The Kier molecular flexibility index (Phi) is 16.4. The van der Waals surface area contributed by atoms with Crippen LogP contribution < -0.4 is 14.2 Å². The molecule has 272 valence electrons. The molecular formula is C36H43F2NO11. The van der Waals surface area contributed by atoms with Crippen molar-refractivity contribution in [3.05, 3.63) is 94.6 Å². The van der Waals surface area contributed by atoms with E-state index in [1.54, 1.807) is 42.5 Å². The first-order valence-electron chi connectivity index (χ1n) is 16.2. The van der Waals surface area contributed by atoms with E-state index < -0.39 is 53.6 Å². The van der Waals surface area contributed by atoms with Gasteiger partial charge in [0.25, 0.3) is 11.0 Å². The number of para-hydroxylation sites is 1. The molecule has 0 aromatic heterocycles. The number of ether oxygens (including phenoxy) is 4. The molecule has 1 aliphatic carbocycles. The molecule has 14 heteroatoms. The number of halogens is 2. The Bertz CT molecular complexity index is 1470. The van der Waals surface area contributed by atoms with Crippen LogP contribution in [-0.2, 0) is 19.2 Å². The number of rotatable bonds is 21. The van der Waals surface area contributed by atoms with Crippen LogP contribution in [0.15, 0.2) is 78.9 Å². The van der Waals surface area contributed by atoms with Crippen molar-refractivity contribution in [1.82, 2.24) is 0 Å². The van der Waals surface area contributed by atoms with Gasteiger partial charge in [0.2, 0.25) is 0 Å². The fourth-order valence-electron chi connectivity index (χ4n) is 5.21. The van der Waals surface area contributed by atoms with Gasteiger partial charge in [0.15, 0.2) is 18.1 Å². The molecule has 2 aromatic rings. The highest BCUT2D eigenvalue weighted by molar-refractivity contribution is 5.87. The molecule has 0 spiro atoms. The van der Waals surface area contributed by atoms with E-state index in [4.69, 9.17) is 18.9 Å². The van der Waals surface area contributed by atoms with Crippen LogP contribution in [0.1, 0.15) is 50.5 Å². The number of unbranched alkanes of at least 4 members (excludes halogenated alkanes) is 2. The fraction of sp³-hybridized carbons (Fsp3) is 0.444. The van der Waals surface area contributed by atoms with E-state index >= 15 is 0 Å². The SMILES string of the molecule is COc1cc(/C=C/C(=O)OCCCCO[N+](=O)[O-])ccc1OC(=O)CCC/C=C\C[C@@H]1[C@@H](/C=C/C(F)(F)COc2ccccc2)[C@H](O)C[C@@H]1O. The third kappa shape index (κ3) is 14.3. The summed E-state index contributed by atoms with van der Waals surface area (Å²) in [4.78, 5) is 38.7. The molecule has 12 nitrogen and oxygen atoms in total. The van der Waals surface area contributed by atoms with Gasteiger partial charge >= 0.3 is 11.9 Å². The molecule has 0 aliphatic heterocycles. The second kappa shape index (κ2) is 20.6. The minimum absolute atomic E-state index is 0.0749. The van der Waals surface area contributed by atoms with E-state index in [2.05, 4.69) is 4.84 Å². The van der Waals surface area contributed by atoms with Crippen LogP contribution in [0, 0.1) is 22.0 Å². The van der Waals surface area contributed by atoms with Gasteiger partial charge in [-0.1, -0.05) is 42.5 Å². The highest BCUT2D eigenvalue weighted by Crippen LogP contribution is 2.37. The van der Waals surface area contributed by atoms with Crippen LogP contribution in [0.2, 0.25) is 0 Å². The summed E-state index contributed by atoms with van der Waals surface area (Å²) in [5.41, 5.74) is 0.589. The zero-order valence-corrected chi connectivity index (χ0v) is 27.7. The van der Waals surface area contributed by atoms with Gasteiger partial charge in [0.05, 0.1) is 32.5 Å². The average molecular weight is 704 g/mol. The molecule has 2 aromatic carbocycles. The van der Waals surface area contributed by atoms with E-state index in [0.717, 1.165) is 6.08 Å². The van der Waals surface area contributed by atoms with Crippen LogP contribution in [-0.4, -0.2) is 72.3 Å². The zero-order chi connectivity index (χ0) is 36.4. The molecule has 0 radical (unpaired) electrons. The van der Waals surface area contributed by atoms with Crippen LogP contribution in [0.4, 0.5) is 8.78 Å². The van der Waals surface area contributed by atoms with E-state index in [1.165, 1.54) is 31.4 Å². The molecule has 1 fully saturated rings. The van der Waals surface area contributed by atoms with Crippen molar-refractivity contribution in [3.8, 4) is 17.2 Å². The lowest BCUT2D eigenvalue weighted by molar-refractivity contribution is -0.757. The molecule has 0 bridgehead atoms. The molecule has 3 rings (SSSR count). The summed E-state index contributed by atoms with van der Waals surface area (Å²) < 4.78 is 49.9. The molecular weight excluding hydrogens is 660 g/mol. The number of aliphatic hydroxyl groups excluding tert-OH is 2. The van der Waals surface area contributed by atoms with Crippen molar-refractivity contribution in [1.29, 1.82) is 0 Å². The van der Waals surface area contributed by atoms with Gasteiger partial charge in [0.1, 0.15) is 5.75 Å². The van der Waals surface area contributed by atoms with Gasteiger partial charge in [0, 0.05) is 24.8 Å². The van der Waals surface area contributed by atoms with Crippen LogP contribution in [0.25, 0.3) is 6.08 Å². The highest BCUT2D eigenvalue weighted by Gasteiger charge is 2.40. The summed E-state index contributed by atoms with van der Waals surface area (Å²) in [6, 6.07) is 13.0. The second-order valence-corrected chi connectivity index (χ2v) is 11.6. The summed E-state index contributed by atoms with van der Waals surface area (Å²) in [6.07, 6.45) is 8.89. The van der Waals surface area contributed by atoms with Crippen LogP contribution in [0.5, 0.6) is 17.2 Å². The Morgan fingerprint density at radius 3 is 2.52 bits per heavy atom. The van der Waals surface area contributed by atoms with Crippen molar-refractivity contribution >= 4 is 18.0 Å². The molecule has 0 heterocycles. The lowest BCUT2D eigenvalue weighted by atomic mass is 9.89. The van der Waals surface area contributed by atoms with E-state index in [0.29, 0.717) is 43.4 Å². The first-order valence-corrected chi connectivity index (χ1v) is 16.2. The number of nitrogens with zero attached hydrogens (tertiary/aromatic N) is 1. The number of hydrogen-bond donors (Lipinski definition) is 2. The monoisotopic (exact) mass is 703 g/mol. The number of allylic oxidation sites excluding steroid dienone is 2. The second-order valence-electron chi connectivity index (χ2n) is 11.6. The number of aliphatic hydroxyl groups is 2. The summed E-state index contributed by atoms with van der Waals surface area (Å²) >= 11 is 0. The number of methoxy groups -OCH3 is 1. The summed E-state index contributed by atoms with van der Waals surface area (Å²) in [6.45, 7) is -0.842. The minimum Gasteiger partial charge on any atom is -0.493 e. The summed E-state index contributed by atoms with van der Waals surface area (Å²) in [5.74, 6) is -4.63. The molecule has 1 aliphatic rings. The largest absolute Gasteiger partial charge is 0.493 e. The van der Waals surface area contributed by atoms with Gasteiger partial charge in [-0.2, -0.15) is 8.78 Å². The van der Waals surface area contributed by atoms with Crippen molar-refractivity contribution in [2.75, 3.05) is 26.9 Å². The van der Waals surface area contributed by atoms with Crippen molar-refractivity contribution in [2.45, 2.75) is 63.1 Å². The van der Waals surface area contributed by atoms with E-state index in [1.807, 2.05) is 12.2 Å². The van der Waals surface area contributed by atoms with Gasteiger partial charge in [-0.3, -0.25) is 4.79 Å². The Morgan fingerprint density at radius 1 is 1.02 bits per heavy atom. The minimum atomic E-state index is -3.26. The standard InChI is InChI=1S/C36H43F2NO11/c1-46-33-23-26(16-18-34(42)47-21-9-10-22-49-39(44)45)15-17-32(33)50-35(43)14-8-3-2-7-13-28-29(31(41)24-30(28)40)19-20-36(37,38)25-48-27-11-5-4-6-12-27/h2,4-7,11-12,15-20,23,28-31,40-41H,3,8-10,13-14,21-22,24-25H2,1H3/b7-2-,18-16+,20-19+/t28-,29-,30+,31-/m1/s1. The Hall–Kier alpha value is -4.82. The number of hydrogen-bond acceptors (Lipinski definition) is 11. The molecule has 50 heavy (non-hydrogen) atoms. The predicted molar refractivity (Wildman–Crippen MR) is 178 cm³/mol.